The Kier molecular flexibility index (Phi) is 4.16. The van der Waals surface area contributed by atoms with Crippen LogP contribution in [-0.2, 0) is 5.41 Å². The number of hydrogen-bond acceptors (Lipinski definition) is 2. The second kappa shape index (κ2) is 5.72. The van der Waals surface area contributed by atoms with Crippen LogP contribution in [0.2, 0.25) is 0 Å². The van der Waals surface area contributed by atoms with Crippen LogP contribution in [0.1, 0.15) is 37.8 Å². The highest BCUT2D eigenvalue weighted by Gasteiger charge is 2.32. The molecule has 112 valence electrons. The van der Waals surface area contributed by atoms with E-state index in [-0.39, 0.29) is 0 Å². The van der Waals surface area contributed by atoms with Crippen LogP contribution < -0.4 is 0 Å². The van der Waals surface area contributed by atoms with E-state index in [9.17, 15) is 19.0 Å². The highest BCUT2D eigenvalue weighted by Crippen LogP contribution is 2.40. The van der Waals surface area contributed by atoms with Crippen LogP contribution in [0.15, 0.2) is 36.4 Å². The lowest BCUT2D eigenvalue weighted by molar-refractivity contribution is 0.420. The average Bonchev–Trinajstić information content (AvgIpc) is 2.48. The molecule has 0 spiro atoms. The van der Waals surface area contributed by atoms with Gasteiger partial charge in [0.1, 0.15) is 0 Å². The van der Waals surface area contributed by atoms with Crippen LogP contribution >= 0.6 is 0 Å². The maximum atomic E-state index is 13.7. The van der Waals surface area contributed by atoms with Crippen molar-refractivity contribution in [3.8, 4) is 11.5 Å². The van der Waals surface area contributed by atoms with Gasteiger partial charge in [0.25, 0.3) is 0 Å². The fourth-order valence-electron chi connectivity index (χ4n) is 2.84. The molecule has 0 aliphatic rings. The van der Waals surface area contributed by atoms with E-state index < -0.39 is 28.5 Å². The normalized spacial score (nSPS) is 11.6. The van der Waals surface area contributed by atoms with Gasteiger partial charge < -0.3 is 10.2 Å². The van der Waals surface area contributed by atoms with Crippen molar-refractivity contribution in [2.75, 3.05) is 0 Å². The summed E-state index contributed by atoms with van der Waals surface area (Å²) < 4.78 is 27.4. The Morgan fingerprint density at radius 2 is 1.19 bits per heavy atom. The molecule has 21 heavy (non-hydrogen) atoms. The smallest absolute Gasteiger partial charge is 0.165 e. The summed E-state index contributed by atoms with van der Waals surface area (Å²) in [6, 6.07) is 8.48. The van der Waals surface area contributed by atoms with Crippen molar-refractivity contribution in [2.45, 2.75) is 32.1 Å². The minimum atomic E-state index is -0.696. The topological polar surface area (TPSA) is 40.5 Å². The van der Waals surface area contributed by atoms with E-state index in [0.29, 0.717) is 24.0 Å². The molecule has 2 nitrogen and oxygen atoms in total. The maximum absolute atomic E-state index is 13.7. The van der Waals surface area contributed by atoms with Gasteiger partial charge in [-0.1, -0.05) is 26.0 Å². The number of phenolic OH excluding ortho intramolecular Hbond substituents is 2. The van der Waals surface area contributed by atoms with Gasteiger partial charge in [-0.2, -0.15) is 0 Å². The molecule has 2 aromatic rings. The van der Waals surface area contributed by atoms with Crippen molar-refractivity contribution in [3.05, 3.63) is 59.2 Å². The molecule has 0 aromatic heterocycles. The van der Waals surface area contributed by atoms with Crippen molar-refractivity contribution >= 4 is 0 Å². The van der Waals surface area contributed by atoms with Crippen LogP contribution in [0.3, 0.4) is 0 Å². The summed E-state index contributed by atoms with van der Waals surface area (Å²) >= 11 is 0. The molecule has 0 amide bonds. The maximum Gasteiger partial charge on any atom is 0.165 e. The van der Waals surface area contributed by atoms with Gasteiger partial charge in [-0.3, -0.25) is 0 Å². The Morgan fingerprint density at radius 1 is 0.810 bits per heavy atom. The zero-order valence-corrected chi connectivity index (χ0v) is 12.0. The van der Waals surface area contributed by atoms with E-state index in [2.05, 4.69) is 0 Å². The van der Waals surface area contributed by atoms with Gasteiger partial charge >= 0.3 is 0 Å². The van der Waals surface area contributed by atoms with Crippen molar-refractivity contribution in [1.29, 1.82) is 0 Å². The third-order valence-electron chi connectivity index (χ3n) is 4.21. The minimum absolute atomic E-state index is 0.406. The number of hydrogen-bond donors (Lipinski definition) is 2. The van der Waals surface area contributed by atoms with Gasteiger partial charge in [-0.05, 0) is 48.2 Å². The van der Waals surface area contributed by atoms with E-state index in [4.69, 9.17) is 0 Å². The number of rotatable bonds is 4. The Hall–Kier alpha value is -2.10. The fourth-order valence-corrected chi connectivity index (χ4v) is 2.84. The lowest BCUT2D eigenvalue weighted by Crippen LogP contribution is -2.26. The molecule has 0 atom stereocenters. The highest BCUT2D eigenvalue weighted by atomic mass is 19.1. The number of benzene rings is 2. The SMILES string of the molecule is CCC(CC)(c1ccc(O)c(F)c1)c1ccc(O)c(F)c1. The molecule has 2 aromatic carbocycles. The Balaban J connectivity index is 2.63. The largest absolute Gasteiger partial charge is 0.505 e. The summed E-state index contributed by atoms with van der Waals surface area (Å²) in [7, 11) is 0. The van der Waals surface area contributed by atoms with Crippen LogP contribution in [-0.4, -0.2) is 10.2 Å². The predicted molar refractivity (Wildman–Crippen MR) is 77.5 cm³/mol. The van der Waals surface area contributed by atoms with Crippen molar-refractivity contribution < 1.29 is 19.0 Å². The molecule has 0 unspecified atom stereocenters. The molecule has 0 aliphatic carbocycles. The second-order valence-corrected chi connectivity index (χ2v) is 5.12. The highest BCUT2D eigenvalue weighted by molar-refractivity contribution is 5.43. The van der Waals surface area contributed by atoms with Gasteiger partial charge in [0.05, 0.1) is 0 Å². The van der Waals surface area contributed by atoms with Crippen molar-refractivity contribution in [2.24, 2.45) is 0 Å². The van der Waals surface area contributed by atoms with E-state index >= 15 is 0 Å². The standard InChI is InChI=1S/C17H18F2O2/c1-3-17(4-2,11-5-7-15(20)13(18)9-11)12-6-8-16(21)14(19)10-12/h5-10,20-21H,3-4H2,1-2H3. The number of phenols is 2. The summed E-state index contributed by atoms with van der Waals surface area (Å²) in [6.45, 7) is 3.89. The molecule has 0 aliphatic heterocycles. The van der Waals surface area contributed by atoms with Crippen LogP contribution in [0.25, 0.3) is 0 Å². The molecule has 0 fully saturated rings. The first kappa shape index (κ1) is 15.3. The molecule has 0 heterocycles. The predicted octanol–water partition coefficient (Wildman–Crippen LogP) is 4.48. The van der Waals surface area contributed by atoms with Gasteiger partial charge in [0.2, 0.25) is 0 Å². The van der Waals surface area contributed by atoms with Gasteiger partial charge in [0, 0.05) is 5.41 Å². The quantitative estimate of drug-likeness (QED) is 0.872. The van der Waals surface area contributed by atoms with Crippen LogP contribution in [0.5, 0.6) is 11.5 Å². The number of aromatic hydroxyl groups is 2. The molecule has 0 saturated carbocycles. The molecular weight excluding hydrogens is 274 g/mol. The summed E-state index contributed by atoms with van der Waals surface area (Å²) in [5.41, 5.74) is 0.782. The molecular formula is C17H18F2O2. The van der Waals surface area contributed by atoms with Crippen molar-refractivity contribution in [1.82, 2.24) is 0 Å². The Labute approximate surface area is 122 Å². The molecule has 0 radical (unpaired) electrons. The van der Waals surface area contributed by atoms with E-state index in [1.54, 1.807) is 12.1 Å². The summed E-state index contributed by atoms with van der Waals surface area (Å²) in [4.78, 5) is 0. The third-order valence-corrected chi connectivity index (χ3v) is 4.21. The van der Waals surface area contributed by atoms with E-state index in [1.165, 1.54) is 24.3 Å². The number of halogens is 2. The average molecular weight is 292 g/mol. The van der Waals surface area contributed by atoms with Gasteiger partial charge in [-0.25, -0.2) is 8.78 Å². The first-order valence-corrected chi connectivity index (χ1v) is 6.92. The third kappa shape index (κ3) is 2.58. The van der Waals surface area contributed by atoms with Gasteiger partial charge in [0.15, 0.2) is 23.1 Å². The lowest BCUT2D eigenvalue weighted by atomic mass is 9.70. The summed E-state index contributed by atoms with van der Waals surface area (Å²) in [5, 5.41) is 18.7. The van der Waals surface area contributed by atoms with Crippen molar-refractivity contribution in [3.63, 3.8) is 0 Å². The minimum Gasteiger partial charge on any atom is -0.505 e. The molecule has 2 rings (SSSR count). The van der Waals surface area contributed by atoms with Crippen LogP contribution in [0.4, 0.5) is 8.78 Å². The van der Waals surface area contributed by atoms with Gasteiger partial charge in [-0.15, -0.1) is 0 Å². The Morgan fingerprint density at radius 3 is 1.48 bits per heavy atom. The van der Waals surface area contributed by atoms with E-state index in [0.717, 1.165) is 0 Å². The molecule has 0 saturated heterocycles. The summed E-state index contributed by atoms with van der Waals surface area (Å²) in [5.74, 6) is -2.20. The zero-order valence-electron chi connectivity index (χ0n) is 12.0. The molecule has 4 heteroatoms. The second-order valence-electron chi connectivity index (χ2n) is 5.12. The molecule has 0 bridgehead atoms. The monoisotopic (exact) mass is 292 g/mol. The Bertz CT molecular complexity index is 596. The lowest BCUT2D eigenvalue weighted by Gasteiger charge is -2.33. The first-order chi connectivity index (χ1) is 9.94. The van der Waals surface area contributed by atoms with E-state index in [1.807, 2.05) is 13.8 Å². The first-order valence-electron chi connectivity index (χ1n) is 6.92. The fraction of sp³-hybridized carbons (Fsp3) is 0.294. The van der Waals surface area contributed by atoms with Crippen LogP contribution in [0, 0.1) is 11.6 Å². The summed E-state index contributed by atoms with van der Waals surface area (Å²) in [6.07, 6.45) is 1.27. The molecule has 2 N–H and O–H groups in total. The zero-order chi connectivity index (χ0) is 15.6.